The maximum absolute atomic E-state index is 11.7. The summed E-state index contributed by atoms with van der Waals surface area (Å²) >= 11 is 0. The van der Waals surface area contributed by atoms with Crippen LogP contribution in [0.1, 0.15) is 36.8 Å². The lowest BCUT2D eigenvalue weighted by atomic mass is 10.1. The zero-order chi connectivity index (χ0) is 15.8. The van der Waals surface area contributed by atoms with Crippen LogP contribution in [0.15, 0.2) is 18.2 Å². The van der Waals surface area contributed by atoms with Gasteiger partial charge in [0, 0.05) is 19.8 Å². The molecule has 0 spiro atoms. The number of rotatable bonds is 10. The van der Waals surface area contributed by atoms with Crippen molar-refractivity contribution in [1.82, 2.24) is 5.32 Å². The van der Waals surface area contributed by atoms with Gasteiger partial charge in [0.15, 0.2) is 0 Å². The van der Waals surface area contributed by atoms with Crippen LogP contribution in [0.25, 0.3) is 0 Å². The van der Waals surface area contributed by atoms with Crippen LogP contribution in [-0.2, 0) is 9.53 Å². The predicted octanol–water partition coefficient (Wildman–Crippen LogP) is 3.01. The number of ether oxygens (including phenoxy) is 2. The van der Waals surface area contributed by atoms with Gasteiger partial charge in [0.1, 0.15) is 5.75 Å². The average Bonchev–Trinajstić information content (AvgIpc) is 3.30. The topological polar surface area (TPSA) is 47.6 Å². The van der Waals surface area contributed by atoms with Crippen molar-refractivity contribution in [2.24, 2.45) is 5.92 Å². The summed E-state index contributed by atoms with van der Waals surface area (Å²) in [5, 5.41) is 2.90. The molecule has 0 aromatic heterocycles. The first-order valence-electron chi connectivity index (χ1n) is 8.19. The van der Waals surface area contributed by atoms with E-state index in [4.69, 9.17) is 9.47 Å². The van der Waals surface area contributed by atoms with Crippen molar-refractivity contribution < 1.29 is 14.3 Å². The van der Waals surface area contributed by atoms with Crippen LogP contribution in [0.5, 0.6) is 5.75 Å². The Balaban J connectivity index is 1.50. The maximum Gasteiger partial charge on any atom is 0.223 e. The molecule has 122 valence electrons. The molecule has 1 aliphatic rings. The second-order valence-corrected chi connectivity index (χ2v) is 6.09. The van der Waals surface area contributed by atoms with E-state index in [2.05, 4.69) is 11.4 Å². The van der Waals surface area contributed by atoms with Crippen LogP contribution >= 0.6 is 0 Å². The van der Waals surface area contributed by atoms with Crippen molar-refractivity contribution in [2.45, 2.75) is 39.5 Å². The van der Waals surface area contributed by atoms with Crippen LogP contribution in [0.4, 0.5) is 0 Å². The lowest BCUT2D eigenvalue weighted by Crippen LogP contribution is -2.26. The third-order valence-electron chi connectivity index (χ3n) is 3.77. The lowest BCUT2D eigenvalue weighted by molar-refractivity contribution is -0.121. The van der Waals surface area contributed by atoms with Gasteiger partial charge >= 0.3 is 0 Å². The van der Waals surface area contributed by atoms with E-state index < -0.39 is 0 Å². The van der Waals surface area contributed by atoms with E-state index in [1.165, 1.54) is 12.8 Å². The minimum Gasteiger partial charge on any atom is -0.493 e. The molecule has 1 saturated carbocycles. The molecule has 2 rings (SSSR count). The van der Waals surface area contributed by atoms with Crippen molar-refractivity contribution in [3.05, 3.63) is 29.3 Å². The Labute approximate surface area is 133 Å². The number of benzene rings is 1. The number of hydrogen-bond donors (Lipinski definition) is 1. The minimum absolute atomic E-state index is 0.0347. The third kappa shape index (κ3) is 6.48. The Morgan fingerprint density at radius 3 is 2.86 bits per heavy atom. The van der Waals surface area contributed by atoms with Crippen molar-refractivity contribution in [1.29, 1.82) is 0 Å². The highest BCUT2D eigenvalue weighted by Gasteiger charge is 2.20. The Morgan fingerprint density at radius 2 is 2.09 bits per heavy atom. The number of carbonyl (C=O) groups excluding carboxylic acids is 1. The molecular formula is C18H27NO3. The monoisotopic (exact) mass is 305 g/mol. The van der Waals surface area contributed by atoms with Gasteiger partial charge in [-0.2, -0.15) is 0 Å². The Morgan fingerprint density at radius 1 is 1.27 bits per heavy atom. The highest BCUT2D eigenvalue weighted by molar-refractivity contribution is 5.75. The van der Waals surface area contributed by atoms with Crippen LogP contribution in [-0.4, -0.2) is 32.3 Å². The molecule has 1 N–H and O–H groups in total. The van der Waals surface area contributed by atoms with Gasteiger partial charge in [0.05, 0.1) is 13.0 Å². The second kappa shape index (κ2) is 8.79. The second-order valence-electron chi connectivity index (χ2n) is 6.09. The SMILES string of the molecule is Cc1ccc(C)c(OCCC(=O)NCCCOCC2CC2)c1. The zero-order valence-corrected chi connectivity index (χ0v) is 13.7. The molecule has 1 amide bonds. The number of aryl methyl sites for hydroxylation is 2. The van der Waals surface area contributed by atoms with E-state index in [1.807, 2.05) is 26.0 Å². The zero-order valence-electron chi connectivity index (χ0n) is 13.7. The van der Waals surface area contributed by atoms with Gasteiger partial charge in [0.2, 0.25) is 5.91 Å². The highest BCUT2D eigenvalue weighted by atomic mass is 16.5. The number of nitrogens with one attached hydrogen (secondary N) is 1. The summed E-state index contributed by atoms with van der Waals surface area (Å²) in [7, 11) is 0. The summed E-state index contributed by atoms with van der Waals surface area (Å²) in [5.41, 5.74) is 2.26. The summed E-state index contributed by atoms with van der Waals surface area (Å²) in [5.74, 6) is 1.70. The Hall–Kier alpha value is -1.55. The largest absolute Gasteiger partial charge is 0.493 e. The standard InChI is InChI=1S/C18H27NO3/c1-14-4-5-15(2)17(12-14)22-11-8-18(20)19-9-3-10-21-13-16-6-7-16/h4-5,12,16H,3,6-11,13H2,1-2H3,(H,19,20). The van der Waals surface area contributed by atoms with Crippen LogP contribution in [0.3, 0.4) is 0 Å². The van der Waals surface area contributed by atoms with E-state index in [-0.39, 0.29) is 5.91 Å². The Bertz CT molecular complexity index is 483. The van der Waals surface area contributed by atoms with Gasteiger partial charge in [-0.05, 0) is 56.2 Å². The van der Waals surface area contributed by atoms with Gasteiger partial charge < -0.3 is 14.8 Å². The molecular weight excluding hydrogens is 278 g/mol. The Kier molecular flexibility index (Phi) is 6.72. The fraction of sp³-hybridized carbons (Fsp3) is 0.611. The molecule has 1 fully saturated rings. The normalized spacial score (nSPS) is 13.9. The first-order valence-corrected chi connectivity index (χ1v) is 8.19. The predicted molar refractivity (Wildman–Crippen MR) is 87.2 cm³/mol. The smallest absolute Gasteiger partial charge is 0.223 e. The third-order valence-corrected chi connectivity index (χ3v) is 3.77. The summed E-state index contributed by atoms with van der Waals surface area (Å²) in [6.45, 7) is 6.75. The molecule has 0 saturated heterocycles. The molecule has 0 bridgehead atoms. The molecule has 0 aliphatic heterocycles. The van der Waals surface area contributed by atoms with Crippen LogP contribution in [0.2, 0.25) is 0 Å². The average molecular weight is 305 g/mol. The van der Waals surface area contributed by atoms with E-state index in [0.29, 0.717) is 19.6 Å². The van der Waals surface area contributed by atoms with Gasteiger partial charge in [0.25, 0.3) is 0 Å². The molecule has 22 heavy (non-hydrogen) atoms. The highest BCUT2D eigenvalue weighted by Crippen LogP contribution is 2.28. The molecule has 0 atom stereocenters. The molecule has 1 aromatic carbocycles. The first-order chi connectivity index (χ1) is 10.6. The van der Waals surface area contributed by atoms with E-state index in [1.54, 1.807) is 0 Å². The molecule has 4 heteroatoms. The van der Waals surface area contributed by atoms with Gasteiger partial charge in [-0.25, -0.2) is 0 Å². The minimum atomic E-state index is 0.0347. The van der Waals surface area contributed by atoms with E-state index in [0.717, 1.165) is 42.4 Å². The number of carbonyl (C=O) groups is 1. The van der Waals surface area contributed by atoms with Crippen LogP contribution in [0, 0.1) is 19.8 Å². The number of hydrogen-bond acceptors (Lipinski definition) is 3. The van der Waals surface area contributed by atoms with Crippen molar-refractivity contribution in [2.75, 3.05) is 26.4 Å². The number of amides is 1. The van der Waals surface area contributed by atoms with Gasteiger partial charge in [-0.3, -0.25) is 4.79 Å². The summed E-state index contributed by atoms with van der Waals surface area (Å²) in [4.78, 5) is 11.7. The molecule has 1 aromatic rings. The maximum atomic E-state index is 11.7. The van der Waals surface area contributed by atoms with Crippen molar-refractivity contribution in [3.63, 3.8) is 0 Å². The molecule has 0 heterocycles. The van der Waals surface area contributed by atoms with Crippen molar-refractivity contribution in [3.8, 4) is 5.75 Å². The van der Waals surface area contributed by atoms with Crippen molar-refractivity contribution >= 4 is 5.91 Å². The summed E-state index contributed by atoms with van der Waals surface area (Å²) in [6, 6.07) is 6.09. The van der Waals surface area contributed by atoms with Crippen LogP contribution < -0.4 is 10.1 Å². The van der Waals surface area contributed by atoms with E-state index in [9.17, 15) is 4.79 Å². The summed E-state index contributed by atoms with van der Waals surface area (Å²) < 4.78 is 11.2. The van der Waals surface area contributed by atoms with Gasteiger partial charge in [-0.1, -0.05) is 12.1 Å². The summed E-state index contributed by atoms with van der Waals surface area (Å²) in [6.07, 6.45) is 3.89. The molecule has 0 unspecified atom stereocenters. The fourth-order valence-corrected chi connectivity index (χ4v) is 2.14. The molecule has 0 radical (unpaired) electrons. The van der Waals surface area contributed by atoms with E-state index >= 15 is 0 Å². The quantitative estimate of drug-likeness (QED) is 0.676. The van der Waals surface area contributed by atoms with Gasteiger partial charge in [-0.15, -0.1) is 0 Å². The lowest BCUT2D eigenvalue weighted by Gasteiger charge is -2.10. The molecule has 1 aliphatic carbocycles. The molecule has 4 nitrogen and oxygen atoms in total. The fourth-order valence-electron chi connectivity index (χ4n) is 2.14. The first kappa shape index (κ1) is 16.8.